The first kappa shape index (κ1) is 17.3. The molecule has 2 aliphatic rings. The summed E-state index contributed by atoms with van der Waals surface area (Å²) in [6.07, 6.45) is 7.25. The van der Waals surface area contributed by atoms with E-state index in [1.807, 2.05) is 28.8 Å². The number of rotatable bonds is 6. The Hall–Kier alpha value is -2.15. The van der Waals surface area contributed by atoms with Crippen molar-refractivity contribution in [3.63, 3.8) is 0 Å². The van der Waals surface area contributed by atoms with Crippen molar-refractivity contribution in [1.82, 2.24) is 25.2 Å². The smallest absolute Gasteiger partial charge is 0.191 e. The summed E-state index contributed by atoms with van der Waals surface area (Å²) in [5, 5.41) is 15.5. The Labute approximate surface area is 154 Å². The van der Waals surface area contributed by atoms with Gasteiger partial charge in [0.25, 0.3) is 0 Å². The molecule has 2 fully saturated rings. The first-order chi connectivity index (χ1) is 12.8. The van der Waals surface area contributed by atoms with Crippen LogP contribution < -0.4 is 10.6 Å². The van der Waals surface area contributed by atoms with Crippen molar-refractivity contribution in [1.29, 1.82) is 0 Å². The molecule has 0 aromatic carbocycles. The Kier molecular flexibility index (Phi) is 4.80. The predicted octanol–water partition coefficient (Wildman–Crippen LogP) is 2.13. The van der Waals surface area contributed by atoms with Gasteiger partial charge in [-0.05, 0) is 45.2 Å². The van der Waals surface area contributed by atoms with Gasteiger partial charge in [-0.1, -0.05) is 12.5 Å². The lowest BCUT2D eigenvalue weighted by molar-refractivity contribution is -0.168. The highest BCUT2D eigenvalue weighted by atomic mass is 16.5. The maximum atomic E-state index is 5.95. The van der Waals surface area contributed by atoms with Crippen molar-refractivity contribution in [3.05, 3.63) is 30.2 Å². The van der Waals surface area contributed by atoms with Crippen molar-refractivity contribution in [2.75, 3.05) is 13.2 Å². The number of fused-ring (bicyclic) bond motifs is 1. The fourth-order valence-electron chi connectivity index (χ4n) is 4.27. The molecule has 2 N–H and O–H groups in total. The molecule has 0 saturated heterocycles. The van der Waals surface area contributed by atoms with Gasteiger partial charge in [-0.2, -0.15) is 0 Å². The van der Waals surface area contributed by atoms with Crippen molar-refractivity contribution in [2.24, 2.45) is 10.4 Å². The lowest BCUT2D eigenvalue weighted by atomic mass is 9.51. The van der Waals surface area contributed by atoms with Crippen LogP contribution in [0.3, 0.4) is 0 Å². The molecule has 2 atom stereocenters. The fourth-order valence-corrected chi connectivity index (χ4v) is 4.27. The number of nitrogens with zero attached hydrogens (tertiary/aromatic N) is 4. The molecule has 4 rings (SSSR count). The third-order valence-corrected chi connectivity index (χ3v) is 5.86. The number of guanidine groups is 1. The molecule has 26 heavy (non-hydrogen) atoms. The summed E-state index contributed by atoms with van der Waals surface area (Å²) >= 11 is 0. The summed E-state index contributed by atoms with van der Waals surface area (Å²) in [7, 11) is 0. The second-order valence-electron chi connectivity index (χ2n) is 7.20. The van der Waals surface area contributed by atoms with Crippen molar-refractivity contribution >= 4 is 11.6 Å². The zero-order chi connectivity index (χ0) is 18.0. The van der Waals surface area contributed by atoms with E-state index in [1.165, 1.54) is 19.3 Å². The Morgan fingerprint density at radius 3 is 2.96 bits per heavy atom. The molecule has 7 nitrogen and oxygen atoms in total. The summed E-state index contributed by atoms with van der Waals surface area (Å²) in [4.78, 5) is 4.75. The largest absolute Gasteiger partial charge is 0.378 e. The topological polar surface area (TPSA) is 75.8 Å². The van der Waals surface area contributed by atoms with E-state index >= 15 is 0 Å². The Morgan fingerprint density at radius 1 is 1.35 bits per heavy atom. The van der Waals surface area contributed by atoms with E-state index in [1.54, 1.807) is 0 Å². The van der Waals surface area contributed by atoms with Gasteiger partial charge in [-0.3, -0.25) is 4.40 Å². The van der Waals surface area contributed by atoms with Crippen molar-refractivity contribution in [2.45, 2.75) is 58.2 Å². The predicted molar refractivity (Wildman–Crippen MR) is 101 cm³/mol. The van der Waals surface area contributed by atoms with Gasteiger partial charge in [0.2, 0.25) is 0 Å². The SMILES string of the molecule is CCNC(=NCc1nnc2ccccn12)NC1CC(OCC)C12CCC2. The van der Waals surface area contributed by atoms with Crippen LogP contribution >= 0.6 is 0 Å². The maximum Gasteiger partial charge on any atom is 0.191 e. The Morgan fingerprint density at radius 2 is 2.23 bits per heavy atom. The van der Waals surface area contributed by atoms with Crippen LogP contribution in [0.2, 0.25) is 0 Å². The van der Waals surface area contributed by atoms with E-state index in [2.05, 4.69) is 34.7 Å². The number of aliphatic imine (C=N–C) groups is 1. The molecule has 1 spiro atoms. The first-order valence-electron chi connectivity index (χ1n) is 9.72. The van der Waals surface area contributed by atoms with Gasteiger partial charge in [-0.25, -0.2) is 4.99 Å². The highest BCUT2D eigenvalue weighted by Crippen LogP contribution is 2.57. The van der Waals surface area contributed by atoms with Crippen LogP contribution in [0.4, 0.5) is 0 Å². The van der Waals surface area contributed by atoms with Gasteiger partial charge < -0.3 is 15.4 Å². The molecular formula is C19H28N6O. The third kappa shape index (κ3) is 2.94. The quantitative estimate of drug-likeness (QED) is 0.613. The Bertz CT molecular complexity index is 781. The molecule has 2 aliphatic carbocycles. The van der Waals surface area contributed by atoms with Gasteiger partial charge in [-0.15, -0.1) is 10.2 Å². The number of hydrogen-bond acceptors (Lipinski definition) is 4. The molecule has 7 heteroatoms. The number of pyridine rings is 1. The van der Waals surface area contributed by atoms with Gasteiger partial charge in [0.15, 0.2) is 17.4 Å². The molecule has 2 heterocycles. The van der Waals surface area contributed by atoms with Gasteiger partial charge >= 0.3 is 0 Å². The van der Waals surface area contributed by atoms with Gasteiger partial charge in [0.1, 0.15) is 6.54 Å². The fraction of sp³-hybridized carbons (Fsp3) is 0.632. The van der Waals surface area contributed by atoms with Crippen LogP contribution in [0.5, 0.6) is 0 Å². The number of hydrogen-bond donors (Lipinski definition) is 2. The number of ether oxygens (including phenoxy) is 1. The van der Waals surface area contributed by atoms with E-state index < -0.39 is 0 Å². The van der Waals surface area contributed by atoms with Crippen LogP contribution in [0, 0.1) is 5.41 Å². The molecule has 0 aliphatic heterocycles. The van der Waals surface area contributed by atoms with E-state index in [9.17, 15) is 0 Å². The Balaban J connectivity index is 1.45. The van der Waals surface area contributed by atoms with Crippen molar-refractivity contribution < 1.29 is 4.74 Å². The maximum absolute atomic E-state index is 5.95. The molecule has 0 bridgehead atoms. The van der Waals surface area contributed by atoms with E-state index in [0.29, 0.717) is 24.1 Å². The van der Waals surface area contributed by atoms with Crippen molar-refractivity contribution in [3.8, 4) is 0 Å². The average Bonchev–Trinajstić information content (AvgIpc) is 3.00. The minimum absolute atomic E-state index is 0.313. The second-order valence-corrected chi connectivity index (χ2v) is 7.20. The summed E-state index contributed by atoms with van der Waals surface area (Å²) in [5.41, 5.74) is 1.16. The minimum Gasteiger partial charge on any atom is -0.378 e. The van der Waals surface area contributed by atoms with E-state index in [-0.39, 0.29) is 0 Å². The summed E-state index contributed by atoms with van der Waals surface area (Å²) < 4.78 is 7.93. The molecular weight excluding hydrogens is 328 g/mol. The molecule has 2 aromatic heterocycles. The normalized spacial score (nSPS) is 24.3. The van der Waals surface area contributed by atoms with E-state index in [0.717, 1.165) is 37.0 Å². The molecule has 2 aromatic rings. The lowest BCUT2D eigenvalue weighted by Gasteiger charge is -2.61. The van der Waals surface area contributed by atoms with Crippen LogP contribution in [-0.2, 0) is 11.3 Å². The summed E-state index contributed by atoms with van der Waals surface area (Å²) in [6.45, 7) is 6.30. The number of nitrogens with one attached hydrogen (secondary N) is 2. The standard InChI is InChI=1S/C19H28N6O/c1-3-20-18(21-13-17-24-23-16-8-5-6-11-25(16)17)22-14-12-15(26-4-2)19(14)9-7-10-19/h5-6,8,11,14-15H,3-4,7,9-10,12-13H2,1-2H3,(H2,20,21,22). The van der Waals surface area contributed by atoms with Crippen LogP contribution in [-0.4, -0.2) is 45.9 Å². The lowest BCUT2D eigenvalue weighted by Crippen LogP contribution is -2.68. The summed E-state index contributed by atoms with van der Waals surface area (Å²) in [6, 6.07) is 6.34. The van der Waals surface area contributed by atoms with E-state index in [4.69, 9.17) is 9.73 Å². The number of aromatic nitrogens is 3. The molecule has 0 amide bonds. The van der Waals surface area contributed by atoms with Gasteiger partial charge in [0.05, 0.1) is 6.10 Å². The van der Waals surface area contributed by atoms with Crippen LogP contribution in [0.25, 0.3) is 5.65 Å². The average molecular weight is 356 g/mol. The zero-order valence-electron chi connectivity index (χ0n) is 15.6. The minimum atomic E-state index is 0.313. The van der Waals surface area contributed by atoms with Crippen LogP contribution in [0.15, 0.2) is 29.4 Å². The van der Waals surface area contributed by atoms with Crippen LogP contribution in [0.1, 0.15) is 45.4 Å². The third-order valence-electron chi connectivity index (χ3n) is 5.86. The first-order valence-corrected chi connectivity index (χ1v) is 9.72. The molecule has 0 radical (unpaired) electrons. The van der Waals surface area contributed by atoms with Gasteiger partial charge in [0, 0.05) is 30.8 Å². The molecule has 2 unspecified atom stereocenters. The summed E-state index contributed by atoms with van der Waals surface area (Å²) in [5.74, 6) is 1.70. The highest BCUT2D eigenvalue weighted by Gasteiger charge is 2.59. The molecule has 140 valence electrons. The zero-order valence-corrected chi connectivity index (χ0v) is 15.6. The second kappa shape index (κ2) is 7.23. The monoisotopic (exact) mass is 356 g/mol. The highest BCUT2D eigenvalue weighted by molar-refractivity contribution is 5.80. The molecule has 2 saturated carbocycles.